The summed E-state index contributed by atoms with van der Waals surface area (Å²) in [4.78, 5) is 23.6. The predicted octanol–water partition coefficient (Wildman–Crippen LogP) is 4.70. The molecule has 0 bridgehead atoms. The molecule has 0 saturated heterocycles. The van der Waals surface area contributed by atoms with E-state index in [0.29, 0.717) is 23.5 Å². The number of hydrogen-bond acceptors (Lipinski definition) is 3. The molecule has 0 spiro atoms. The SMILES string of the molecule is CC(=O)O[C@H]1[C@H](C)C[C@H]2[C@@H]3CCC4=CC(=O)CC[C@]4(C)[C@H]3CC[C@@]21C. The van der Waals surface area contributed by atoms with Gasteiger partial charge in [-0.15, -0.1) is 0 Å². The maximum absolute atomic E-state index is 11.9. The summed E-state index contributed by atoms with van der Waals surface area (Å²) in [6.45, 7) is 8.61. The van der Waals surface area contributed by atoms with Crippen molar-refractivity contribution in [2.45, 2.75) is 78.7 Å². The first kappa shape index (κ1) is 17.3. The van der Waals surface area contributed by atoms with Gasteiger partial charge < -0.3 is 4.74 Å². The second kappa shape index (κ2) is 5.69. The number of allylic oxidation sites excluding steroid dienone is 1. The molecular formula is C22H32O3. The van der Waals surface area contributed by atoms with E-state index in [4.69, 9.17) is 4.74 Å². The van der Waals surface area contributed by atoms with Gasteiger partial charge >= 0.3 is 5.97 Å². The van der Waals surface area contributed by atoms with E-state index in [2.05, 4.69) is 20.8 Å². The van der Waals surface area contributed by atoms with Crippen molar-refractivity contribution >= 4 is 11.8 Å². The quantitative estimate of drug-likeness (QED) is 0.648. The van der Waals surface area contributed by atoms with Gasteiger partial charge in [-0.1, -0.05) is 26.3 Å². The smallest absolute Gasteiger partial charge is 0.302 e. The lowest BCUT2D eigenvalue weighted by Crippen LogP contribution is -2.51. The Kier molecular flexibility index (Phi) is 3.94. The molecule has 0 N–H and O–H groups in total. The molecule has 4 aliphatic rings. The van der Waals surface area contributed by atoms with Gasteiger partial charge in [0.05, 0.1) is 0 Å². The second-order valence-corrected chi connectivity index (χ2v) is 9.76. The molecule has 138 valence electrons. The van der Waals surface area contributed by atoms with Gasteiger partial charge in [0, 0.05) is 18.8 Å². The lowest BCUT2D eigenvalue weighted by Gasteiger charge is -2.57. The van der Waals surface area contributed by atoms with Crippen LogP contribution in [0.4, 0.5) is 0 Å². The predicted molar refractivity (Wildman–Crippen MR) is 96.8 cm³/mol. The van der Waals surface area contributed by atoms with Crippen LogP contribution in [0.5, 0.6) is 0 Å². The van der Waals surface area contributed by atoms with Crippen molar-refractivity contribution in [1.82, 2.24) is 0 Å². The normalized spacial score (nSPS) is 48.9. The fraction of sp³-hybridized carbons (Fsp3) is 0.818. The van der Waals surface area contributed by atoms with Crippen molar-refractivity contribution in [3.63, 3.8) is 0 Å². The Morgan fingerprint density at radius 1 is 1.16 bits per heavy atom. The molecule has 3 fully saturated rings. The first-order valence-electron chi connectivity index (χ1n) is 10.2. The minimum atomic E-state index is -0.132. The summed E-state index contributed by atoms with van der Waals surface area (Å²) >= 11 is 0. The van der Waals surface area contributed by atoms with E-state index in [0.717, 1.165) is 31.6 Å². The Hall–Kier alpha value is -1.12. The third-order valence-corrected chi connectivity index (χ3v) is 8.49. The Balaban J connectivity index is 1.65. The van der Waals surface area contributed by atoms with Gasteiger partial charge in [0.2, 0.25) is 0 Å². The lowest BCUT2D eigenvalue weighted by atomic mass is 9.47. The van der Waals surface area contributed by atoms with Gasteiger partial charge in [-0.3, -0.25) is 9.59 Å². The van der Waals surface area contributed by atoms with Gasteiger partial charge in [-0.25, -0.2) is 0 Å². The molecular weight excluding hydrogens is 312 g/mol. The average Bonchev–Trinajstić information content (AvgIpc) is 2.79. The number of ether oxygens (including phenoxy) is 1. The van der Waals surface area contributed by atoms with Crippen LogP contribution < -0.4 is 0 Å². The van der Waals surface area contributed by atoms with Gasteiger partial charge in [0.25, 0.3) is 0 Å². The van der Waals surface area contributed by atoms with E-state index in [1.807, 2.05) is 6.08 Å². The Labute approximate surface area is 151 Å². The van der Waals surface area contributed by atoms with Crippen molar-refractivity contribution in [1.29, 1.82) is 0 Å². The molecule has 0 aromatic rings. The lowest BCUT2D eigenvalue weighted by molar-refractivity contribution is -0.159. The van der Waals surface area contributed by atoms with Gasteiger partial charge in [-0.05, 0) is 73.7 Å². The molecule has 3 nitrogen and oxygen atoms in total. The van der Waals surface area contributed by atoms with Crippen LogP contribution in [-0.4, -0.2) is 17.9 Å². The zero-order valence-electron chi connectivity index (χ0n) is 16.1. The number of carbonyl (C=O) groups excluding carboxylic acids is 2. The highest BCUT2D eigenvalue weighted by Gasteiger charge is 2.61. The maximum atomic E-state index is 11.9. The van der Waals surface area contributed by atoms with Crippen molar-refractivity contribution in [2.24, 2.45) is 34.5 Å². The van der Waals surface area contributed by atoms with E-state index in [9.17, 15) is 9.59 Å². The molecule has 0 unspecified atom stereocenters. The zero-order valence-corrected chi connectivity index (χ0v) is 16.1. The van der Waals surface area contributed by atoms with Crippen LogP contribution in [-0.2, 0) is 14.3 Å². The summed E-state index contributed by atoms with van der Waals surface area (Å²) in [5.74, 6) is 2.72. The van der Waals surface area contributed by atoms with Crippen LogP contribution in [0.3, 0.4) is 0 Å². The van der Waals surface area contributed by atoms with Crippen LogP contribution >= 0.6 is 0 Å². The molecule has 0 aromatic carbocycles. The van der Waals surface area contributed by atoms with Crippen LogP contribution in [0.25, 0.3) is 0 Å². The summed E-state index contributed by atoms with van der Waals surface area (Å²) < 4.78 is 5.83. The largest absolute Gasteiger partial charge is 0.462 e. The molecule has 0 amide bonds. The molecule has 0 radical (unpaired) electrons. The Morgan fingerprint density at radius 3 is 2.64 bits per heavy atom. The summed E-state index contributed by atoms with van der Waals surface area (Å²) in [7, 11) is 0. The van der Waals surface area contributed by atoms with Gasteiger partial charge in [0.1, 0.15) is 6.10 Å². The molecule has 4 rings (SSSR count). The number of carbonyl (C=O) groups is 2. The minimum Gasteiger partial charge on any atom is -0.462 e. The fourth-order valence-corrected chi connectivity index (χ4v) is 7.31. The van der Waals surface area contributed by atoms with Crippen LogP contribution in [0.2, 0.25) is 0 Å². The van der Waals surface area contributed by atoms with E-state index >= 15 is 0 Å². The topological polar surface area (TPSA) is 43.4 Å². The highest BCUT2D eigenvalue weighted by atomic mass is 16.5. The van der Waals surface area contributed by atoms with Crippen LogP contribution in [0.1, 0.15) is 72.6 Å². The molecule has 3 saturated carbocycles. The molecule has 0 heterocycles. The molecule has 25 heavy (non-hydrogen) atoms. The third kappa shape index (κ3) is 2.44. The molecule has 7 atom stereocenters. The van der Waals surface area contributed by atoms with E-state index < -0.39 is 0 Å². The summed E-state index contributed by atoms with van der Waals surface area (Å²) in [5.41, 5.74) is 1.78. The summed E-state index contributed by atoms with van der Waals surface area (Å²) in [6, 6.07) is 0. The maximum Gasteiger partial charge on any atom is 0.302 e. The Morgan fingerprint density at radius 2 is 1.92 bits per heavy atom. The Bertz CT molecular complexity index is 635. The summed E-state index contributed by atoms with van der Waals surface area (Å²) in [6.07, 6.45) is 9.65. The van der Waals surface area contributed by atoms with E-state index in [-0.39, 0.29) is 22.9 Å². The van der Waals surface area contributed by atoms with Crippen molar-refractivity contribution in [2.75, 3.05) is 0 Å². The van der Waals surface area contributed by atoms with Gasteiger partial charge in [-0.2, -0.15) is 0 Å². The number of ketones is 1. The zero-order chi connectivity index (χ0) is 18.0. The third-order valence-electron chi connectivity index (χ3n) is 8.49. The van der Waals surface area contributed by atoms with E-state index in [1.54, 1.807) is 6.92 Å². The number of rotatable bonds is 1. The summed E-state index contributed by atoms with van der Waals surface area (Å²) in [5, 5.41) is 0. The molecule has 3 heteroatoms. The van der Waals surface area contributed by atoms with E-state index in [1.165, 1.54) is 24.8 Å². The molecule has 0 aliphatic heterocycles. The standard InChI is InChI=1S/C22H32O3/c1-13-11-19-17-6-5-15-12-16(24)7-9-21(15,3)18(17)8-10-22(19,4)20(13)25-14(2)23/h12-13,17-20H,5-11H2,1-4H3/t13-,17-,18+,19+,20+,21+,22+/m1/s1. The van der Waals surface area contributed by atoms with Crippen molar-refractivity contribution in [3.05, 3.63) is 11.6 Å². The highest BCUT2D eigenvalue weighted by molar-refractivity contribution is 5.91. The molecule has 4 aliphatic carbocycles. The van der Waals surface area contributed by atoms with Crippen molar-refractivity contribution in [3.8, 4) is 0 Å². The monoisotopic (exact) mass is 344 g/mol. The number of esters is 1. The molecule has 0 aromatic heterocycles. The van der Waals surface area contributed by atoms with Gasteiger partial charge in [0.15, 0.2) is 5.78 Å². The first-order valence-corrected chi connectivity index (χ1v) is 10.2. The first-order chi connectivity index (χ1) is 11.8. The minimum absolute atomic E-state index is 0.0774. The second-order valence-electron chi connectivity index (χ2n) is 9.76. The number of hydrogen-bond donors (Lipinski definition) is 0. The highest BCUT2D eigenvalue weighted by Crippen LogP contribution is 2.66. The van der Waals surface area contributed by atoms with Crippen LogP contribution in [0, 0.1) is 34.5 Å². The van der Waals surface area contributed by atoms with Crippen molar-refractivity contribution < 1.29 is 14.3 Å². The van der Waals surface area contributed by atoms with Crippen LogP contribution in [0.15, 0.2) is 11.6 Å². The average molecular weight is 344 g/mol. The number of fused-ring (bicyclic) bond motifs is 5. The fourth-order valence-electron chi connectivity index (χ4n) is 7.31.